The maximum atomic E-state index is 12.2. The van der Waals surface area contributed by atoms with Crippen LogP contribution in [0.25, 0.3) is 0 Å². The van der Waals surface area contributed by atoms with E-state index in [2.05, 4.69) is 0 Å². The van der Waals surface area contributed by atoms with Crippen molar-refractivity contribution in [2.75, 3.05) is 24.0 Å². The van der Waals surface area contributed by atoms with Gasteiger partial charge in [-0.05, 0) is 18.6 Å². The van der Waals surface area contributed by atoms with Gasteiger partial charge in [0.25, 0.3) is 0 Å². The van der Waals surface area contributed by atoms with Gasteiger partial charge in [-0.15, -0.1) is 0 Å². The van der Waals surface area contributed by atoms with Crippen LogP contribution in [-0.2, 0) is 20.0 Å². The Morgan fingerprint density at radius 2 is 1.88 bits per heavy atom. The molecular formula is C12H15NO3S. The summed E-state index contributed by atoms with van der Waals surface area (Å²) >= 11 is 0. The lowest BCUT2D eigenvalue weighted by Crippen LogP contribution is -2.41. The fourth-order valence-electron chi connectivity index (χ4n) is 2.49. The first kappa shape index (κ1) is 12.1. The molecule has 0 aromatic heterocycles. The number of rotatable bonds is 2. The van der Waals surface area contributed by atoms with Crippen LogP contribution in [0.15, 0.2) is 24.3 Å². The molecule has 0 fully saturated rings. The van der Waals surface area contributed by atoms with Gasteiger partial charge >= 0.3 is 0 Å². The number of sulfone groups is 1. The van der Waals surface area contributed by atoms with Crippen molar-refractivity contribution < 1.29 is 13.2 Å². The fourth-order valence-corrected chi connectivity index (χ4v) is 3.82. The minimum atomic E-state index is -3.21. The number of fused-ring (bicyclic) bond motifs is 1. The molecule has 0 bridgehead atoms. The molecule has 4 nitrogen and oxygen atoms in total. The molecule has 0 N–H and O–H groups in total. The molecule has 1 aliphatic rings. The molecule has 0 saturated heterocycles. The maximum Gasteiger partial charge on any atom is 0.238 e. The van der Waals surface area contributed by atoms with Crippen molar-refractivity contribution in [2.45, 2.75) is 12.3 Å². The number of carbonyl (C=O) groups is 1. The third-order valence-corrected chi connectivity index (χ3v) is 4.29. The summed E-state index contributed by atoms with van der Waals surface area (Å²) in [5, 5.41) is 0. The minimum absolute atomic E-state index is 0.153. The number of anilines is 1. The van der Waals surface area contributed by atoms with E-state index in [1.807, 2.05) is 24.3 Å². The molecular weight excluding hydrogens is 238 g/mol. The van der Waals surface area contributed by atoms with Gasteiger partial charge in [0, 0.05) is 19.0 Å². The van der Waals surface area contributed by atoms with Crippen molar-refractivity contribution >= 4 is 21.4 Å². The molecule has 1 aromatic rings. The molecule has 92 valence electrons. The van der Waals surface area contributed by atoms with Gasteiger partial charge in [0.05, 0.1) is 11.2 Å². The SMILES string of the molecule is CN1C(=O)C(C)(CS(C)(=O)=O)c2ccccc21. The molecule has 17 heavy (non-hydrogen) atoms. The molecule has 0 radical (unpaired) electrons. The molecule has 2 rings (SSSR count). The van der Waals surface area contributed by atoms with Crippen LogP contribution in [0.3, 0.4) is 0 Å². The number of para-hydroxylation sites is 1. The average molecular weight is 253 g/mol. The quantitative estimate of drug-likeness (QED) is 0.789. The van der Waals surface area contributed by atoms with E-state index in [0.29, 0.717) is 0 Å². The summed E-state index contributed by atoms with van der Waals surface area (Å²) in [6.07, 6.45) is 1.16. The summed E-state index contributed by atoms with van der Waals surface area (Å²) in [6, 6.07) is 7.32. The highest BCUT2D eigenvalue weighted by atomic mass is 32.2. The highest BCUT2D eigenvalue weighted by molar-refractivity contribution is 7.90. The third-order valence-electron chi connectivity index (χ3n) is 3.19. The van der Waals surface area contributed by atoms with Gasteiger partial charge in [-0.1, -0.05) is 18.2 Å². The monoisotopic (exact) mass is 253 g/mol. The Balaban J connectivity index is 2.60. The first-order valence-corrected chi connectivity index (χ1v) is 7.37. The second kappa shape index (κ2) is 3.57. The van der Waals surface area contributed by atoms with Crippen molar-refractivity contribution in [3.05, 3.63) is 29.8 Å². The Labute approximate surface area is 101 Å². The number of benzene rings is 1. The van der Waals surface area contributed by atoms with E-state index < -0.39 is 15.3 Å². The average Bonchev–Trinajstić information content (AvgIpc) is 2.40. The largest absolute Gasteiger partial charge is 0.314 e. The summed E-state index contributed by atoms with van der Waals surface area (Å²) in [4.78, 5) is 13.8. The molecule has 1 aliphatic heterocycles. The normalized spacial score (nSPS) is 23.9. The number of carbonyl (C=O) groups excluding carboxylic acids is 1. The van der Waals surface area contributed by atoms with Crippen LogP contribution in [0.2, 0.25) is 0 Å². The molecule has 1 aromatic carbocycles. The number of likely N-dealkylation sites (N-methyl/N-ethyl adjacent to an activating group) is 1. The Bertz CT molecular complexity index is 579. The molecule has 1 heterocycles. The predicted molar refractivity (Wildman–Crippen MR) is 66.9 cm³/mol. The van der Waals surface area contributed by atoms with Gasteiger partial charge in [0.15, 0.2) is 0 Å². The Hall–Kier alpha value is -1.36. The summed E-state index contributed by atoms with van der Waals surface area (Å²) < 4.78 is 23.0. The third kappa shape index (κ3) is 1.84. The summed E-state index contributed by atoms with van der Waals surface area (Å²) in [6.45, 7) is 1.69. The number of amides is 1. The molecule has 0 saturated carbocycles. The van der Waals surface area contributed by atoms with E-state index in [-0.39, 0.29) is 11.7 Å². The van der Waals surface area contributed by atoms with Crippen molar-refractivity contribution in [3.63, 3.8) is 0 Å². The van der Waals surface area contributed by atoms with Gasteiger partial charge < -0.3 is 4.90 Å². The van der Waals surface area contributed by atoms with E-state index in [1.54, 1.807) is 14.0 Å². The van der Waals surface area contributed by atoms with Crippen LogP contribution in [0.5, 0.6) is 0 Å². The van der Waals surface area contributed by atoms with E-state index in [9.17, 15) is 13.2 Å². The standard InChI is InChI=1S/C12H15NO3S/c1-12(8-17(3,15)16)9-6-4-5-7-10(9)13(2)11(12)14/h4-7H,8H2,1-3H3. The first-order valence-electron chi connectivity index (χ1n) is 5.31. The van der Waals surface area contributed by atoms with E-state index >= 15 is 0 Å². The van der Waals surface area contributed by atoms with Gasteiger partial charge in [0.1, 0.15) is 9.84 Å². The number of hydrogen-bond acceptors (Lipinski definition) is 3. The topological polar surface area (TPSA) is 54.5 Å². The molecule has 0 aliphatic carbocycles. The minimum Gasteiger partial charge on any atom is -0.314 e. The zero-order chi connectivity index (χ0) is 12.8. The molecule has 1 unspecified atom stereocenters. The van der Waals surface area contributed by atoms with Crippen LogP contribution in [-0.4, -0.2) is 33.4 Å². The molecule has 0 spiro atoms. The highest BCUT2D eigenvalue weighted by Gasteiger charge is 2.47. The van der Waals surface area contributed by atoms with Crippen molar-refractivity contribution in [1.82, 2.24) is 0 Å². The lowest BCUT2D eigenvalue weighted by molar-refractivity contribution is -0.121. The highest BCUT2D eigenvalue weighted by Crippen LogP contribution is 2.41. The Morgan fingerprint density at radius 3 is 2.47 bits per heavy atom. The zero-order valence-corrected chi connectivity index (χ0v) is 10.9. The molecule has 1 atom stereocenters. The number of hydrogen-bond donors (Lipinski definition) is 0. The first-order chi connectivity index (χ1) is 7.76. The van der Waals surface area contributed by atoms with Crippen molar-refractivity contribution in [1.29, 1.82) is 0 Å². The van der Waals surface area contributed by atoms with E-state index in [0.717, 1.165) is 17.5 Å². The van der Waals surface area contributed by atoms with Crippen LogP contribution in [0.4, 0.5) is 5.69 Å². The summed E-state index contributed by atoms with van der Waals surface area (Å²) in [7, 11) is -1.54. The molecule has 1 amide bonds. The van der Waals surface area contributed by atoms with Crippen LogP contribution < -0.4 is 4.90 Å². The smallest absolute Gasteiger partial charge is 0.238 e. The fraction of sp³-hybridized carbons (Fsp3) is 0.417. The van der Waals surface area contributed by atoms with Crippen LogP contribution >= 0.6 is 0 Å². The van der Waals surface area contributed by atoms with E-state index in [4.69, 9.17) is 0 Å². The lowest BCUT2D eigenvalue weighted by atomic mass is 9.86. The van der Waals surface area contributed by atoms with Crippen LogP contribution in [0, 0.1) is 0 Å². The second-order valence-corrected chi connectivity index (χ2v) is 6.92. The molecule has 5 heteroatoms. The summed E-state index contributed by atoms with van der Waals surface area (Å²) in [5.74, 6) is -0.315. The van der Waals surface area contributed by atoms with Gasteiger partial charge in [-0.3, -0.25) is 4.79 Å². The Morgan fingerprint density at radius 1 is 1.29 bits per heavy atom. The van der Waals surface area contributed by atoms with E-state index in [1.165, 1.54) is 4.90 Å². The second-order valence-electron chi connectivity index (χ2n) is 4.78. The van der Waals surface area contributed by atoms with Crippen molar-refractivity contribution in [3.8, 4) is 0 Å². The lowest BCUT2D eigenvalue weighted by Gasteiger charge is -2.21. The van der Waals surface area contributed by atoms with Crippen molar-refractivity contribution in [2.24, 2.45) is 0 Å². The van der Waals surface area contributed by atoms with Gasteiger partial charge in [-0.25, -0.2) is 8.42 Å². The van der Waals surface area contributed by atoms with Gasteiger partial charge in [-0.2, -0.15) is 0 Å². The number of nitrogens with zero attached hydrogens (tertiary/aromatic N) is 1. The van der Waals surface area contributed by atoms with Gasteiger partial charge in [0.2, 0.25) is 5.91 Å². The Kier molecular flexibility index (Phi) is 2.54. The zero-order valence-electron chi connectivity index (χ0n) is 10.1. The predicted octanol–water partition coefficient (Wildman–Crippen LogP) is 0.965. The maximum absolute atomic E-state index is 12.2. The summed E-state index contributed by atoms with van der Waals surface area (Å²) in [5.41, 5.74) is 0.625. The van der Waals surface area contributed by atoms with Crippen LogP contribution in [0.1, 0.15) is 12.5 Å².